The van der Waals surface area contributed by atoms with Gasteiger partial charge < -0.3 is 0 Å². The molecule has 0 amide bonds. The van der Waals surface area contributed by atoms with Crippen LogP contribution in [0.5, 0.6) is 0 Å². The fraction of sp³-hybridized carbons (Fsp3) is 0.968. The van der Waals surface area contributed by atoms with E-state index in [1.807, 2.05) is 0 Å². The zero-order valence-electron chi connectivity index (χ0n) is 23.4. The highest BCUT2D eigenvalue weighted by atomic mass is 16.4. The first kappa shape index (κ1) is 32.5. The molecule has 0 aliphatic rings. The first-order chi connectivity index (χ1) is 16.1. The van der Waals surface area contributed by atoms with Gasteiger partial charge in [0.2, 0.25) is 0 Å². The fourth-order valence-electron chi connectivity index (χ4n) is 5.74. The monoisotopic (exact) mass is 465 g/mol. The van der Waals surface area contributed by atoms with E-state index in [0.29, 0.717) is 0 Å². The van der Waals surface area contributed by atoms with Gasteiger partial charge in [-0.15, -0.1) is 0 Å². The lowest BCUT2D eigenvalue weighted by atomic mass is 9.65. The highest BCUT2D eigenvalue weighted by Crippen LogP contribution is 2.45. The van der Waals surface area contributed by atoms with E-state index < -0.39 is 5.97 Å². The Hall–Kier alpha value is -0.530. The normalized spacial score (nSPS) is 12.8. The van der Waals surface area contributed by atoms with Crippen molar-refractivity contribution < 1.29 is 9.90 Å². The van der Waals surface area contributed by atoms with E-state index in [9.17, 15) is 9.90 Å². The summed E-state index contributed by atoms with van der Waals surface area (Å²) in [7, 11) is 0. The molecule has 0 bridgehead atoms. The Morgan fingerprint density at radius 2 is 0.848 bits per heavy atom. The van der Waals surface area contributed by atoms with E-state index >= 15 is 0 Å². The van der Waals surface area contributed by atoms with Crippen molar-refractivity contribution in [3.05, 3.63) is 0 Å². The molecule has 0 aliphatic carbocycles. The maximum absolute atomic E-state index is 12.4. The number of carbonyl (C=O) groups excluding carboxylic acids is 1. The Balaban J connectivity index is 4.81. The van der Waals surface area contributed by atoms with Gasteiger partial charge in [0.15, 0.2) is 0 Å². The second-order valence-electron chi connectivity index (χ2n) is 10.9. The van der Waals surface area contributed by atoms with Crippen LogP contribution in [0.3, 0.4) is 0 Å². The molecule has 0 saturated heterocycles. The highest BCUT2D eigenvalue weighted by molar-refractivity contribution is 5.70. The first-order valence-corrected chi connectivity index (χ1v) is 15.3. The smallest absolute Gasteiger partial charge is 0.247 e. The Kier molecular flexibility index (Phi) is 22.9. The van der Waals surface area contributed by atoms with Crippen LogP contribution in [0.1, 0.15) is 182 Å². The van der Waals surface area contributed by atoms with Crippen LogP contribution in [-0.4, -0.2) is 5.97 Å². The van der Waals surface area contributed by atoms with Crippen molar-refractivity contribution in [1.29, 1.82) is 0 Å². The van der Waals surface area contributed by atoms with Crippen LogP contribution in [-0.2, 0) is 9.90 Å². The molecule has 2 heteroatoms. The van der Waals surface area contributed by atoms with Crippen molar-refractivity contribution in [2.75, 3.05) is 0 Å². The number of rotatable bonds is 26. The van der Waals surface area contributed by atoms with Crippen molar-refractivity contribution in [2.24, 2.45) is 11.3 Å². The summed E-state index contributed by atoms with van der Waals surface area (Å²) >= 11 is 0. The molecule has 1 atom stereocenters. The zero-order chi connectivity index (χ0) is 24.6. The molecule has 197 valence electrons. The lowest BCUT2D eigenvalue weighted by molar-refractivity contribution is -0.154. The molecule has 0 aromatic rings. The van der Waals surface area contributed by atoms with Gasteiger partial charge in [0.05, 0.1) is 5.92 Å². The Labute approximate surface area is 209 Å². The Morgan fingerprint density at radius 1 is 0.515 bits per heavy atom. The molecule has 0 spiro atoms. The molecule has 1 radical (unpaired) electrons. The zero-order valence-corrected chi connectivity index (χ0v) is 23.4. The van der Waals surface area contributed by atoms with Crippen LogP contribution in [0, 0.1) is 11.3 Å². The molecule has 0 saturated carbocycles. The van der Waals surface area contributed by atoms with E-state index in [2.05, 4.69) is 27.7 Å². The van der Waals surface area contributed by atoms with Crippen LogP contribution >= 0.6 is 0 Å². The third kappa shape index (κ3) is 16.7. The summed E-state index contributed by atoms with van der Waals surface area (Å²) < 4.78 is 0. The van der Waals surface area contributed by atoms with Crippen LogP contribution in [0.25, 0.3) is 0 Å². The van der Waals surface area contributed by atoms with E-state index in [4.69, 9.17) is 0 Å². The van der Waals surface area contributed by atoms with Crippen LogP contribution in [0.4, 0.5) is 0 Å². The Bertz CT molecular complexity index is 401. The summed E-state index contributed by atoms with van der Waals surface area (Å²) in [5, 5.41) is 12.4. The van der Waals surface area contributed by atoms with Gasteiger partial charge in [0, 0.05) is 0 Å². The topological polar surface area (TPSA) is 37.0 Å². The average molecular weight is 466 g/mol. The van der Waals surface area contributed by atoms with E-state index in [0.717, 1.165) is 32.1 Å². The SMILES string of the molecule is CCCCCCCCCCC(C([O])=O)C(CC)(CCCCCCCC)CCCCCCCC. The summed E-state index contributed by atoms with van der Waals surface area (Å²) in [5.74, 6) is -1.02. The minimum absolute atomic E-state index is 0.0462. The number of hydrogen-bond donors (Lipinski definition) is 0. The summed E-state index contributed by atoms with van der Waals surface area (Å²) in [6, 6.07) is 0. The molecule has 33 heavy (non-hydrogen) atoms. The van der Waals surface area contributed by atoms with Gasteiger partial charge in [-0.05, 0) is 31.1 Å². The standard InChI is InChI=1S/C31H61O2/c1-5-9-12-15-18-19-20-23-26-29(30(32)33)31(8-4,27-24-21-16-13-10-6-2)28-25-22-17-14-11-7-3/h29H,5-28H2,1-4H3. The largest absolute Gasteiger partial charge is 0.359 e. The molecule has 0 aromatic carbocycles. The predicted octanol–water partition coefficient (Wildman–Crippen LogP) is 11.0. The number of carbonyl (C=O) groups is 1. The fourth-order valence-corrected chi connectivity index (χ4v) is 5.74. The van der Waals surface area contributed by atoms with Crippen LogP contribution in [0.2, 0.25) is 0 Å². The minimum Gasteiger partial charge on any atom is -0.247 e. The lowest BCUT2D eigenvalue weighted by Crippen LogP contribution is -2.35. The molecule has 0 fully saturated rings. The third-order valence-corrected chi connectivity index (χ3v) is 8.13. The maximum Gasteiger partial charge on any atom is 0.359 e. The summed E-state index contributed by atoms with van der Waals surface area (Å²) in [6.45, 7) is 9.03. The van der Waals surface area contributed by atoms with Gasteiger partial charge in [0.1, 0.15) is 0 Å². The van der Waals surface area contributed by atoms with Gasteiger partial charge in [-0.25, -0.2) is 9.90 Å². The van der Waals surface area contributed by atoms with Crippen molar-refractivity contribution in [3.63, 3.8) is 0 Å². The molecule has 0 heterocycles. The molecule has 2 nitrogen and oxygen atoms in total. The minimum atomic E-state index is -0.767. The second kappa shape index (κ2) is 23.2. The summed E-state index contributed by atoms with van der Waals surface area (Å²) in [6.07, 6.45) is 29.5. The van der Waals surface area contributed by atoms with Crippen LogP contribution in [0.15, 0.2) is 0 Å². The summed E-state index contributed by atoms with van der Waals surface area (Å²) in [5.41, 5.74) is -0.0462. The second-order valence-corrected chi connectivity index (χ2v) is 10.9. The first-order valence-electron chi connectivity index (χ1n) is 15.3. The van der Waals surface area contributed by atoms with Gasteiger partial charge in [-0.1, -0.05) is 156 Å². The molecule has 0 aromatic heterocycles. The number of hydrogen-bond acceptors (Lipinski definition) is 1. The highest BCUT2D eigenvalue weighted by Gasteiger charge is 2.41. The molecular weight excluding hydrogens is 404 g/mol. The molecule has 0 aliphatic heterocycles. The average Bonchev–Trinajstić information content (AvgIpc) is 2.81. The molecular formula is C31H61O2. The quantitative estimate of drug-likeness (QED) is 0.117. The van der Waals surface area contributed by atoms with Gasteiger partial charge in [0.25, 0.3) is 0 Å². The molecule has 0 N–H and O–H groups in total. The van der Waals surface area contributed by atoms with Gasteiger partial charge in [-0.2, -0.15) is 0 Å². The Morgan fingerprint density at radius 3 is 1.18 bits per heavy atom. The van der Waals surface area contributed by atoms with Gasteiger partial charge in [-0.3, -0.25) is 0 Å². The van der Waals surface area contributed by atoms with E-state index in [1.165, 1.54) is 122 Å². The predicted molar refractivity (Wildman–Crippen MR) is 145 cm³/mol. The van der Waals surface area contributed by atoms with Crippen molar-refractivity contribution >= 4 is 5.97 Å². The van der Waals surface area contributed by atoms with E-state index in [-0.39, 0.29) is 11.3 Å². The van der Waals surface area contributed by atoms with Crippen LogP contribution < -0.4 is 0 Å². The molecule has 1 unspecified atom stereocenters. The maximum atomic E-state index is 12.4. The lowest BCUT2D eigenvalue weighted by Gasteiger charge is -2.38. The molecule has 0 rings (SSSR count). The van der Waals surface area contributed by atoms with Crippen molar-refractivity contribution in [2.45, 2.75) is 182 Å². The van der Waals surface area contributed by atoms with Gasteiger partial charge >= 0.3 is 5.97 Å². The van der Waals surface area contributed by atoms with Crippen molar-refractivity contribution in [3.8, 4) is 0 Å². The van der Waals surface area contributed by atoms with Crippen molar-refractivity contribution in [1.82, 2.24) is 0 Å². The summed E-state index contributed by atoms with van der Waals surface area (Å²) in [4.78, 5) is 12.4. The van der Waals surface area contributed by atoms with E-state index in [1.54, 1.807) is 0 Å². The number of unbranched alkanes of at least 4 members (excludes halogenated alkanes) is 17. The third-order valence-electron chi connectivity index (χ3n) is 8.13.